The van der Waals surface area contributed by atoms with E-state index in [2.05, 4.69) is 10.3 Å². The molecule has 3 heterocycles. The average molecular weight is 448 g/mol. The van der Waals surface area contributed by atoms with E-state index < -0.39 is 6.10 Å². The van der Waals surface area contributed by atoms with Crippen LogP contribution in [0.15, 0.2) is 12.1 Å². The highest BCUT2D eigenvalue weighted by Crippen LogP contribution is 2.39. The first kappa shape index (κ1) is 21.4. The van der Waals surface area contributed by atoms with Gasteiger partial charge in [0.25, 0.3) is 11.8 Å². The number of benzene rings is 1. The molecule has 0 aliphatic carbocycles. The molecule has 166 valence electrons. The van der Waals surface area contributed by atoms with Crippen molar-refractivity contribution in [3.63, 3.8) is 0 Å². The van der Waals surface area contributed by atoms with Gasteiger partial charge in [-0.1, -0.05) is 11.3 Å². The number of anilines is 1. The van der Waals surface area contributed by atoms with Crippen molar-refractivity contribution in [1.82, 2.24) is 9.88 Å². The molecule has 1 aromatic heterocycles. The Morgan fingerprint density at radius 2 is 1.94 bits per heavy atom. The van der Waals surface area contributed by atoms with E-state index in [4.69, 9.17) is 18.9 Å². The van der Waals surface area contributed by atoms with Crippen molar-refractivity contribution in [2.24, 2.45) is 0 Å². The molecule has 2 amide bonds. The van der Waals surface area contributed by atoms with Crippen molar-refractivity contribution >= 4 is 28.3 Å². The maximum absolute atomic E-state index is 13.2. The Morgan fingerprint density at radius 1 is 1.19 bits per heavy atom. The Hall–Kier alpha value is -2.85. The average Bonchev–Trinajstić information content (AvgIpc) is 3.46. The normalized spacial score (nSPS) is 17.8. The van der Waals surface area contributed by atoms with Gasteiger partial charge < -0.3 is 23.8 Å². The van der Waals surface area contributed by atoms with Crippen LogP contribution in [0.25, 0.3) is 0 Å². The Morgan fingerprint density at radius 3 is 2.55 bits per heavy atom. The van der Waals surface area contributed by atoms with Crippen LogP contribution in [0.2, 0.25) is 0 Å². The number of carbonyl (C=O) groups excluding carboxylic acids is 2. The van der Waals surface area contributed by atoms with E-state index in [0.29, 0.717) is 54.1 Å². The summed E-state index contributed by atoms with van der Waals surface area (Å²) in [6.45, 7) is 1.58. The van der Waals surface area contributed by atoms with Crippen molar-refractivity contribution in [3.8, 4) is 17.2 Å². The first-order chi connectivity index (χ1) is 15.0. The molecular weight excluding hydrogens is 422 g/mol. The van der Waals surface area contributed by atoms with E-state index in [9.17, 15) is 9.59 Å². The van der Waals surface area contributed by atoms with Gasteiger partial charge in [-0.25, -0.2) is 4.98 Å². The number of amides is 2. The lowest BCUT2D eigenvalue weighted by atomic mass is 10.1. The van der Waals surface area contributed by atoms with Gasteiger partial charge in [-0.05, 0) is 25.0 Å². The molecule has 0 bridgehead atoms. The Kier molecular flexibility index (Phi) is 6.28. The van der Waals surface area contributed by atoms with Crippen molar-refractivity contribution in [1.29, 1.82) is 0 Å². The number of nitrogens with one attached hydrogen (secondary N) is 1. The summed E-state index contributed by atoms with van der Waals surface area (Å²) in [6.07, 6.45) is 1.84. The first-order valence-electron chi connectivity index (χ1n) is 10.0. The van der Waals surface area contributed by atoms with Crippen molar-refractivity contribution in [2.45, 2.75) is 31.9 Å². The molecule has 2 aliphatic heterocycles. The lowest BCUT2D eigenvalue weighted by molar-refractivity contribution is -0.124. The van der Waals surface area contributed by atoms with E-state index in [1.165, 1.54) is 32.7 Å². The van der Waals surface area contributed by atoms with Crippen molar-refractivity contribution in [2.75, 3.05) is 39.8 Å². The Bertz CT molecular complexity index is 960. The van der Waals surface area contributed by atoms with Crippen LogP contribution in [0.3, 0.4) is 0 Å². The number of nitrogens with zero attached hydrogens (tertiary/aromatic N) is 2. The minimum Gasteiger partial charge on any atom is -0.493 e. The fraction of sp³-hybridized carbons (Fsp3) is 0.476. The molecular formula is C21H25N3O6S. The summed E-state index contributed by atoms with van der Waals surface area (Å²) in [7, 11) is 4.55. The van der Waals surface area contributed by atoms with Gasteiger partial charge in [0, 0.05) is 30.0 Å². The van der Waals surface area contributed by atoms with Gasteiger partial charge in [-0.15, -0.1) is 0 Å². The largest absolute Gasteiger partial charge is 0.493 e. The zero-order valence-electron chi connectivity index (χ0n) is 17.7. The number of hydrogen-bond acceptors (Lipinski definition) is 8. The number of aromatic nitrogens is 1. The molecule has 31 heavy (non-hydrogen) atoms. The van der Waals surface area contributed by atoms with Crippen molar-refractivity contribution < 1.29 is 28.5 Å². The SMILES string of the molecule is COc1cc(C(=O)N2CCc3nc(NC(=O)C4CCCO4)sc3C2)cc(OC)c1OC. The molecule has 1 saturated heterocycles. The molecule has 0 radical (unpaired) electrons. The van der Waals surface area contributed by atoms with Gasteiger partial charge in [0.2, 0.25) is 5.75 Å². The predicted octanol–water partition coefficient (Wildman–Crippen LogP) is 2.48. The summed E-state index contributed by atoms with van der Waals surface area (Å²) < 4.78 is 21.5. The highest BCUT2D eigenvalue weighted by Gasteiger charge is 2.29. The second-order valence-electron chi connectivity index (χ2n) is 7.27. The van der Waals surface area contributed by atoms with Crippen LogP contribution in [0, 0.1) is 0 Å². The number of rotatable bonds is 6. The highest BCUT2D eigenvalue weighted by atomic mass is 32.1. The molecule has 1 atom stereocenters. The number of hydrogen-bond donors (Lipinski definition) is 1. The smallest absolute Gasteiger partial charge is 0.255 e. The fourth-order valence-corrected chi connectivity index (χ4v) is 4.81. The number of fused-ring (bicyclic) bond motifs is 1. The van der Waals surface area contributed by atoms with Gasteiger partial charge in [-0.2, -0.15) is 0 Å². The van der Waals surface area contributed by atoms with Crippen LogP contribution < -0.4 is 19.5 Å². The second kappa shape index (κ2) is 9.11. The van der Waals surface area contributed by atoms with E-state index in [0.717, 1.165) is 23.4 Å². The molecule has 0 saturated carbocycles. The summed E-state index contributed by atoms with van der Waals surface area (Å²) in [5, 5.41) is 3.40. The van der Waals surface area contributed by atoms with E-state index in [-0.39, 0.29) is 11.8 Å². The maximum atomic E-state index is 13.2. The monoisotopic (exact) mass is 447 g/mol. The Labute approximate surface area is 184 Å². The zero-order chi connectivity index (χ0) is 22.0. The number of thiazole rings is 1. The van der Waals surface area contributed by atoms with Gasteiger partial charge in [0.05, 0.1) is 33.6 Å². The molecule has 1 unspecified atom stereocenters. The predicted molar refractivity (Wildman–Crippen MR) is 114 cm³/mol. The summed E-state index contributed by atoms with van der Waals surface area (Å²) >= 11 is 1.40. The van der Waals surface area contributed by atoms with Crippen molar-refractivity contribution in [3.05, 3.63) is 28.3 Å². The molecule has 4 rings (SSSR count). The molecule has 10 heteroatoms. The van der Waals surface area contributed by atoms with Crippen LogP contribution in [0.1, 0.15) is 33.8 Å². The van der Waals surface area contributed by atoms with Crippen LogP contribution >= 0.6 is 11.3 Å². The number of carbonyl (C=O) groups is 2. The minimum absolute atomic E-state index is 0.136. The first-order valence-corrected chi connectivity index (χ1v) is 10.9. The third kappa shape index (κ3) is 4.31. The van der Waals surface area contributed by atoms with Gasteiger partial charge in [0.15, 0.2) is 16.6 Å². The number of ether oxygens (including phenoxy) is 4. The molecule has 1 aromatic carbocycles. The third-order valence-corrected chi connectivity index (χ3v) is 6.38. The topological polar surface area (TPSA) is 99.2 Å². The number of methoxy groups -OCH3 is 3. The Balaban J connectivity index is 1.49. The van der Waals surface area contributed by atoms with Crippen LogP contribution in [0.4, 0.5) is 5.13 Å². The lowest BCUT2D eigenvalue weighted by Gasteiger charge is -2.26. The minimum atomic E-state index is -0.404. The summed E-state index contributed by atoms with van der Waals surface area (Å²) in [6, 6.07) is 3.30. The summed E-state index contributed by atoms with van der Waals surface area (Å²) in [5.41, 5.74) is 1.37. The maximum Gasteiger partial charge on any atom is 0.255 e. The quantitative estimate of drug-likeness (QED) is 0.726. The zero-order valence-corrected chi connectivity index (χ0v) is 18.5. The van der Waals surface area contributed by atoms with Gasteiger partial charge >= 0.3 is 0 Å². The van der Waals surface area contributed by atoms with E-state index in [1.54, 1.807) is 17.0 Å². The van der Waals surface area contributed by atoms with Crippen LogP contribution in [0.5, 0.6) is 17.2 Å². The standard InChI is InChI=1S/C21H25N3O6S/c1-27-15-9-12(10-16(28-2)18(15)29-3)20(26)24-7-6-13-17(11-24)31-21(22-13)23-19(25)14-5-4-8-30-14/h9-10,14H,4-8,11H2,1-3H3,(H,22,23,25). The lowest BCUT2D eigenvalue weighted by Crippen LogP contribution is -2.35. The fourth-order valence-electron chi connectivity index (χ4n) is 3.78. The molecule has 2 aromatic rings. The molecule has 1 N–H and O–H groups in total. The van der Waals surface area contributed by atoms with E-state index in [1.807, 2.05) is 0 Å². The van der Waals surface area contributed by atoms with Gasteiger partial charge in [0.1, 0.15) is 6.10 Å². The third-order valence-electron chi connectivity index (χ3n) is 5.38. The summed E-state index contributed by atoms with van der Waals surface area (Å²) in [4.78, 5) is 32.7. The van der Waals surface area contributed by atoms with Crippen LogP contribution in [-0.4, -0.2) is 62.3 Å². The summed E-state index contributed by atoms with van der Waals surface area (Å²) in [5.74, 6) is 1.01. The molecule has 2 aliphatic rings. The van der Waals surface area contributed by atoms with Gasteiger partial charge in [-0.3, -0.25) is 14.9 Å². The molecule has 9 nitrogen and oxygen atoms in total. The van der Waals surface area contributed by atoms with E-state index >= 15 is 0 Å². The molecule has 0 spiro atoms. The second-order valence-corrected chi connectivity index (χ2v) is 8.35. The highest BCUT2D eigenvalue weighted by molar-refractivity contribution is 7.15. The molecule has 1 fully saturated rings. The van der Waals surface area contributed by atoms with Crippen LogP contribution in [-0.2, 0) is 22.5 Å².